The quantitative estimate of drug-likeness (QED) is 0.545. The third kappa shape index (κ3) is 5.05. The fourth-order valence-corrected chi connectivity index (χ4v) is 3.44. The minimum atomic E-state index is -1.09. The highest BCUT2D eigenvalue weighted by atomic mass is 16.5. The number of rotatable bonds is 8. The monoisotopic (exact) mass is 438 g/mol. The van der Waals surface area contributed by atoms with Crippen LogP contribution in [0.1, 0.15) is 29.3 Å². The number of aryl methyl sites for hydroxylation is 1. The van der Waals surface area contributed by atoms with E-state index >= 15 is 0 Å². The number of amides is 5. The molecule has 2 aromatic rings. The normalized spacial score (nSPS) is 17.7. The van der Waals surface area contributed by atoms with E-state index in [-0.39, 0.29) is 5.91 Å². The second-order valence-electron chi connectivity index (χ2n) is 7.71. The van der Waals surface area contributed by atoms with Crippen LogP contribution < -0.4 is 20.7 Å². The molecule has 1 heterocycles. The summed E-state index contributed by atoms with van der Waals surface area (Å²) in [6.45, 7) is 1.26. The lowest BCUT2D eigenvalue weighted by Gasteiger charge is -2.21. The molecular formula is C23H26N4O5. The van der Waals surface area contributed by atoms with Crippen molar-refractivity contribution in [2.45, 2.75) is 25.3 Å². The SMILES string of the molecule is CNC(=O)c1ccc(NC(=O)CN2C(=O)NC(C)(CCc3ccc(OC)cc3)C2=O)cc1. The lowest BCUT2D eigenvalue weighted by atomic mass is 9.93. The van der Waals surface area contributed by atoms with Crippen LogP contribution in [0.5, 0.6) is 5.75 Å². The van der Waals surface area contributed by atoms with Gasteiger partial charge in [-0.3, -0.25) is 19.3 Å². The van der Waals surface area contributed by atoms with E-state index in [0.29, 0.717) is 24.1 Å². The van der Waals surface area contributed by atoms with Crippen LogP contribution in [0.2, 0.25) is 0 Å². The first-order valence-corrected chi connectivity index (χ1v) is 10.1. The summed E-state index contributed by atoms with van der Waals surface area (Å²) in [5.41, 5.74) is 0.821. The number of benzene rings is 2. The summed E-state index contributed by atoms with van der Waals surface area (Å²) in [4.78, 5) is 50.2. The zero-order valence-corrected chi connectivity index (χ0v) is 18.2. The summed E-state index contributed by atoms with van der Waals surface area (Å²) in [6.07, 6.45) is 0.965. The van der Waals surface area contributed by atoms with Crippen LogP contribution in [0.4, 0.5) is 10.5 Å². The van der Waals surface area contributed by atoms with E-state index in [1.165, 1.54) is 7.05 Å². The predicted octanol–water partition coefficient (Wildman–Crippen LogP) is 1.94. The fraction of sp³-hybridized carbons (Fsp3) is 0.304. The predicted molar refractivity (Wildman–Crippen MR) is 118 cm³/mol. The van der Waals surface area contributed by atoms with Crippen molar-refractivity contribution in [1.29, 1.82) is 0 Å². The molecular weight excluding hydrogens is 412 g/mol. The van der Waals surface area contributed by atoms with Crippen molar-refractivity contribution in [2.75, 3.05) is 26.0 Å². The van der Waals surface area contributed by atoms with Crippen molar-refractivity contribution >= 4 is 29.4 Å². The zero-order valence-electron chi connectivity index (χ0n) is 18.2. The Bertz CT molecular complexity index is 1020. The van der Waals surface area contributed by atoms with Gasteiger partial charge in [0.1, 0.15) is 17.8 Å². The Balaban J connectivity index is 1.58. The molecule has 1 aliphatic rings. The molecule has 0 radical (unpaired) electrons. The molecule has 9 nitrogen and oxygen atoms in total. The molecule has 2 aromatic carbocycles. The van der Waals surface area contributed by atoms with Crippen LogP contribution in [-0.2, 0) is 16.0 Å². The summed E-state index contributed by atoms with van der Waals surface area (Å²) in [5, 5.41) is 7.85. The highest BCUT2D eigenvalue weighted by molar-refractivity contribution is 6.10. The molecule has 1 unspecified atom stereocenters. The number of hydrogen-bond acceptors (Lipinski definition) is 5. The standard InChI is InChI=1S/C23H26N4O5/c1-23(13-12-15-4-10-18(32-3)11-5-15)21(30)27(22(31)26-23)14-19(28)25-17-8-6-16(7-9-17)20(29)24-2/h4-11H,12-14H2,1-3H3,(H,24,29)(H,25,28)(H,26,31). The van der Waals surface area contributed by atoms with Crippen molar-refractivity contribution in [3.8, 4) is 5.75 Å². The molecule has 3 rings (SSSR count). The van der Waals surface area contributed by atoms with E-state index in [0.717, 1.165) is 16.2 Å². The Kier molecular flexibility index (Phi) is 6.77. The molecule has 1 atom stereocenters. The molecule has 168 valence electrons. The first-order chi connectivity index (χ1) is 15.3. The maximum Gasteiger partial charge on any atom is 0.325 e. The van der Waals surface area contributed by atoms with Crippen molar-refractivity contribution in [2.24, 2.45) is 0 Å². The number of anilines is 1. The number of carbonyl (C=O) groups is 4. The van der Waals surface area contributed by atoms with Gasteiger partial charge >= 0.3 is 6.03 Å². The Hall–Kier alpha value is -3.88. The van der Waals surface area contributed by atoms with Gasteiger partial charge in [-0.05, 0) is 61.7 Å². The first-order valence-electron chi connectivity index (χ1n) is 10.1. The third-order valence-corrected chi connectivity index (χ3v) is 5.38. The largest absolute Gasteiger partial charge is 0.497 e. The number of methoxy groups -OCH3 is 1. The lowest BCUT2D eigenvalue weighted by Crippen LogP contribution is -2.45. The first kappa shape index (κ1) is 22.8. The molecule has 0 aliphatic carbocycles. The summed E-state index contributed by atoms with van der Waals surface area (Å²) >= 11 is 0. The van der Waals surface area contributed by atoms with E-state index < -0.39 is 29.9 Å². The second-order valence-corrected chi connectivity index (χ2v) is 7.71. The van der Waals surface area contributed by atoms with Gasteiger partial charge in [-0.25, -0.2) is 4.79 Å². The molecule has 0 bridgehead atoms. The third-order valence-electron chi connectivity index (χ3n) is 5.38. The second kappa shape index (κ2) is 9.51. The molecule has 0 spiro atoms. The van der Waals surface area contributed by atoms with Gasteiger partial charge in [0.25, 0.3) is 11.8 Å². The van der Waals surface area contributed by atoms with Gasteiger partial charge in [0, 0.05) is 18.3 Å². The average molecular weight is 438 g/mol. The lowest BCUT2D eigenvalue weighted by molar-refractivity contribution is -0.133. The maximum atomic E-state index is 12.9. The van der Waals surface area contributed by atoms with Crippen molar-refractivity contribution in [1.82, 2.24) is 15.5 Å². The van der Waals surface area contributed by atoms with Crippen LogP contribution in [0.15, 0.2) is 48.5 Å². The van der Waals surface area contributed by atoms with Crippen LogP contribution in [-0.4, -0.2) is 54.9 Å². The molecule has 3 N–H and O–H groups in total. The number of nitrogens with zero attached hydrogens (tertiary/aromatic N) is 1. The minimum Gasteiger partial charge on any atom is -0.497 e. The number of nitrogens with one attached hydrogen (secondary N) is 3. The summed E-state index contributed by atoms with van der Waals surface area (Å²) in [6, 6.07) is 13.2. The number of imide groups is 1. The maximum absolute atomic E-state index is 12.9. The number of hydrogen-bond donors (Lipinski definition) is 3. The molecule has 1 saturated heterocycles. The molecule has 5 amide bonds. The Morgan fingerprint density at radius 2 is 1.72 bits per heavy atom. The van der Waals surface area contributed by atoms with Crippen LogP contribution in [0.25, 0.3) is 0 Å². The zero-order chi connectivity index (χ0) is 23.3. The van der Waals surface area contributed by atoms with E-state index in [1.807, 2.05) is 24.3 Å². The van der Waals surface area contributed by atoms with Gasteiger partial charge in [0.15, 0.2) is 0 Å². The average Bonchev–Trinajstić information content (AvgIpc) is 3.01. The van der Waals surface area contributed by atoms with Gasteiger partial charge in [-0.15, -0.1) is 0 Å². The molecule has 1 fully saturated rings. The Labute approximate surface area is 186 Å². The van der Waals surface area contributed by atoms with E-state index in [4.69, 9.17) is 4.74 Å². The van der Waals surface area contributed by atoms with Crippen LogP contribution in [0.3, 0.4) is 0 Å². The summed E-state index contributed by atoms with van der Waals surface area (Å²) in [7, 11) is 3.12. The topological polar surface area (TPSA) is 117 Å². The minimum absolute atomic E-state index is 0.240. The smallest absolute Gasteiger partial charge is 0.325 e. The molecule has 0 aromatic heterocycles. The van der Waals surface area contributed by atoms with Crippen molar-refractivity contribution in [3.63, 3.8) is 0 Å². The molecule has 1 aliphatic heterocycles. The van der Waals surface area contributed by atoms with Crippen LogP contribution >= 0.6 is 0 Å². The van der Waals surface area contributed by atoms with Crippen molar-refractivity contribution in [3.05, 3.63) is 59.7 Å². The van der Waals surface area contributed by atoms with Crippen molar-refractivity contribution < 1.29 is 23.9 Å². The highest BCUT2D eigenvalue weighted by Gasteiger charge is 2.47. The van der Waals surface area contributed by atoms with E-state index in [2.05, 4.69) is 16.0 Å². The molecule has 0 saturated carbocycles. The summed E-state index contributed by atoms with van der Waals surface area (Å²) in [5.74, 6) is -0.455. The van der Waals surface area contributed by atoms with Gasteiger partial charge in [0.2, 0.25) is 5.91 Å². The van der Waals surface area contributed by atoms with E-state index in [1.54, 1.807) is 38.3 Å². The van der Waals surface area contributed by atoms with Gasteiger partial charge in [-0.1, -0.05) is 12.1 Å². The van der Waals surface area contributed by atoms with Gasteiger partial charge in [0.05, 0.1) is 7.11 Å². The fourth-order valence-electron chi connectivity index (χ4n) is 3.44. The number of urea groups is 1. The molecule has 32 heavy (non-hydrogen) atoms. The van der Waals surface area contributed by atoms with Crippen LogP contribution in [0, 0.1) is 0 Å². The summed E-state index contributed by atoms with van der Waals surface area (Å²) < 4.78 is 5.14. The number of ether oxygens (including phenoxy) is 1. The highest BCUT2D eigenvalue weighted by Crippen LogP contribution is 2.24. The number of carbonyl (C=O) groups excluding carboxylic acids is 4. The van der Waals surface area contributed by atoms with E-state index in [9.17, 15) is 19.2 Å². The van der Waals surface area contributed by atoms with Gasteiger partial charge < -0.3 is 20.7 Å². The Morgan fingerprint density at radius 3 is 2.31 bits per heavy atom. The molecule has 9 heteroatoms. The van der Waals surface area contributed by atoms with Gasteiger partial charge in [-0.2, -0.15) is 0 Å². The Morgan fingerprint density at radius 1 is 1.06 bits per heavy atom.